The molecule has 0 aromatic carbocycles. The molecule has 6 heteroatoms. The van der Waals surface area contributed by atoms with Gasteiger partial charge in [0.05, 0.1) is 11.5 Å². The summed E-state index contributed by atoms with van der Waals surface area (Å²) in [6.07, 6.45) is 0.534. The van der Waals surface area contributed by atoms with Crippen LogP contribution in [0.15, 0.2) is 0 Å². The molecule has 17 heavy (non-hydrogen) atoms. The Morgan fingerprint density at radius 3 is 2.41 bits per heavy atom. The average molecular weight is 265 g/mol. The molecule has 5 nitrogen and oxygen atoms in total. The standard InChI is InChI=1S/C11H23NO4S/c1-3-15-11(16-4-2)8-12-7-10-5-6-17(13,14)9-10/h10-12H,3-9H2,1-2H3. The predicted octanol–water partition coefficient (Wildman–Crippen LogP) is 0.410. The van der Waals surface area contributed by atoms with Crippen LogP contribution in [0.2, 0.25) is 0 Å². The van der Waals surface area contributed by atoms with Crippen LogP contribution < -0.4 is 5.32 Å². The number of nitrogens with one attached hydrogen (secondary N) is 1. The van der Waals surface area contributed by atoms with Gasteiger partial charge in [-0.3, -0.25) is 0 Å². The number of ether oxygens (including phenoxy) is 2. The molecule has 1 atom stereocenters. The number of sulfone groups is 1. The van der Waals surface area contributed by atoms with E-state index >= 15 is 0 Å². The zero-order chi connectivity index (χ0) is 12.7. The fourth-order valence-corrected chi connectivity index (χ4v) is 3.84. The van der Waals surface area contributed by atoms with Crippen LogP contribution in [0.4, 0.5) is 0 Å². The van der Waals surface area contributed by atoms with Gasteiger partial charge in [0, 0.05) is 19.8 Å². The second-order valence-corrected chi connectivity index (χ2v) is 6.50. The Labute approximate surface area is 104 Å². The molecule has 0 aliphatic carbocycles. The molecule has 1 unspecified atom stereocenters. The second kappa shape index (κ2) is 7.31. The molecule has 1 saturated heterocycles. The minimum absolute atomic E-state index is 0.233. The van der Waals surface area contributed by atoms with Gasteiger partial charge >= 0.3 is 0 Å². The van der Waals surface area contributed by atoms with Crippen molar-refractivity contribution in [3.8, 4) is 0 Å². The first-order valence-electron chi connectivity index (χ1n) is 6.21. The molecule has 0 radical (unpaired) electrons. The largest absolute Gasteiger partial charge is 0.352 e. The number of hydrogen-bond donors (Lipinski definition) is 1. The average Bonchev–Trinajstić information content (AvgIpc) is 2.59. The van der Waals surface area contributed by atoms with E-state index in [2.05, 4.69) is 5.32 Å². The summed E-state index contributed by atoms with van der Waals surface area (Å²) < 4.78 is 33.3. The van der Waals surface area contributed by atoms with Gasteiger partial charge in [-0.1, -0.05) is 0 Å². The van der Waals surface area contributed by atoms with E-state index in [-0.39, 0.29) is 12.2 Å². The van der Waals surface area contributed by atoms with Crippen molar-refractivity contribution in [2.45, 2.75) is 26.6 Å². The summed E-state index contributed by atoms with van der Waals surface area (Å²) in [5.41, 5.74) is 0. The summed E-state index contributed by atoms with van der Waals surface area (Å²) in [4.78, 5) is 0. The van der Waals surface area contributed by atoms with Crippen molar-refractivity contribution in [1.29, 1.82) is 0 Å². The molecule has 0 aromatic heterocycles. The molecule has 1 aliphatic heterocycles. The summed E-state index contributed by atoms with van der Waals surface area (Å²) in [6, 6.07) is 0. The van der Waals surface area contributed by atoms with Crippen LogP contribution in [0.25, 0.3) is 0 Å². The van der Waals surface area contributed by atoms with Crippen LogP contribution in [0.3, 0.4) is 0 Å². The van der Waals surface area contributed by atoms with Crippen LogP contribution in [-0.2, 0) is 19.3 Å². The van der Waals surface area contributed by atoms with E-state index in [4.69, 9.17) is 9.47 Å². The minimum atomic E-state index is -2.77. The maximum absolute atomic E-state index is 11.3. The minimum Gasteiger partial charge on any atom is -0.352 e. The van der Waals surface area contributed by atoms with Crippen LogP contribution >= 0.6 is 0 Å². The highest BCUT2D eigenvalue weighted by Crippen LogP contribution is 2.17. The Balaban J connectivity index is 2.18. The van der Waals surface area contributed by atoms with Crippen LogP contribution in [-0.4, -0.2) is 52.5 Å². The van der Waals surface area contributed by atoms with Gasteiger partial charge in [0.25, 0.3) is 0 Å². The molecule has 1 N–H and O–H groups in total. The molecular weight excluding hydrogens is 242 g/mol. The molecule has 1 rings (SSSR count). The van der Waals surface area contributed by atoms with Gasteiger partial charge in [-0.05, 0) is 32.7 Å². The monoisotopic (exact) mass is 265 g/mol. The Kier molecular flexibility index (Phi) is 6.40. The Bertz CT molecular complexity index is 299. The maximum Gasteiger partial charge on any atom is 0.169 e. The normalized spacial score (nSPS) is 23.4. The Hall–Kier alpha value is -0.170. The molecule has 0 spiro atoms. The lowest BCUT2D eigenvalue weighted by molar-refractivity contribution is -0.133. The van der Waals surface area contributed by atoms with Gasteiger partial charge in [-0.15, -0.1) is 0 Å². The molecule has 0 bridgehead atoms. The first-order chi connectivity index (χ1) is 8.07. The zero-order valence-corrected chi connectivity index (χ0v) is 11.5. The van der Waals surface area contributed by atoms with Crippen molar-refractivity contribution in [1.82, 2.24) is 5.32 Å². The molecule has 0 aromatic rings. The molecule has 102 valence electrons. The third-order valence-electron chi connectivity index (χ3n) is 2.78. The third kappa shape index (κ3) is 5.81. The van der Waals surface area contributed by atoms with Crippen LogP contribution in [0.5, 0.6) is 0 Å². The molecule has 1 aliphatic rings. The lowest BCUT2D eigenvalue weighted by Crippen LogP contribution is -2.34. The van der Waals surface area contributed by atoms with Crippen LogP contribution in [0, 0.1) is 5.92 Å². The van der Waals surface area contributed by atoms with Gasteiger partial charge in [0.1, 0.15) is 0 Å². The highest BCUT2D eigenvalue weighted by Gasteiger charge is 2.27. The Morgan fingerprint density at radius 2 is 1.94 bits per heavy atom. The molecule has 0 amide bonds. The lowest BCUT2D eigenvalue weighted by Gasteiger charge is -2.18. The summed E-state index contributed by atoms with van der Waals surface area (Å²) >= 11 is 0. The smallest absolute Gasteiger partial charge is 0.169 e. The van der Waals surface area contributed by atoms with Crippen molar-refractivity contribution < 1.29 is 17.9 Å². The van der Waals surface area contributed by atoms with E-state index in [0.717, 1.165) is 13.0 Å². The van der Waals surface area contributed by atoms with Crippen molar-refractivity contribution in [3.05, 3.63) is 0 Å². The first kappa shape index (κ1) is 14.9. The predicted molar refractivity (Wildman–Crippen MR) is 66.7 cm³/mol. The summed E-state index contributed by atoms with van der Waals surface area (Å²) in [5, 5.41) is 3.22. The maximum atomic E-state index is 11.3. The highest BCUT2D eigenvalue weighted by atomic mass is 32.2. The van der Waals surface area contributed by atoms with E-state index in [1.807, 2.05) is 13.8 Å². The first-order valence-corrected chi connectivity index (χ1v) is 8.04. The van der Waals surface area contributed by atoms with E-state index in [9.17, 15) is 8.42 Å². The number of rotatable bonds is 8. The van der Waals surface area contributed by atoms with E-state index in [0.29, 0.717) is 31.3 Å². The molecular formula is C11H23NO4S. The molecule has 1 heterocycles. The fraction of sp³-hybridized carbons (Fsp3) is 1.00. The van der Waals surface area contributed by atoms with Gasteiger partial charge in [0.15, 0.2) is 16.1 Å². The van der Waals surface area contributed by atoms with Crippen molar-refractivity contribution in [3.63, 3.8) is 0 Å². The van der Waals surface area contributed by atoms with Crippen molar-refractivity contribution in [2.24, 2.45) is 5.92 Å². The van der Waals surface area contributed by atoms with E-state index in [1.165, 1.54) is 0 Å². The summed E-state index contributed by atoms with van der Waals surface area (Å²) in [6.45, 7) is 6.41. The van der Waals surface area contributed by atoms with Gasteiger partial charge in [-0.2, -0.15) is 0 Å². The lowest BCUT2D eigenvalue weighted by atomic mass is 10.1. The third-order valence-corrected chi connectivity index (χ3v) is 4.61. The second-order valence-electron chi connectivity index (χ2n) is 4.27. The molecule has 0 saturated carbocycles. The van der Waals surface area contributed by atoms with Gasteiger partial charge in [-0.25, -0.2) is 8.42 Å². The highest BCUT2D eigenvalue weighted by molar-refractivity contribution is 7.91. The van der Waals surface area contributed by atoms with Crippen molar-refractivity contribution in [2.75, 3.05) is 37.8 Å². The van der Waals surface area contributed by atoms with Gasteiger partial charge < -0.3 is 14.8 Å². The summed E-state index contributed by atoms with van der Waals surface area (Å²) in [7, 11) is -2.77. The van der Waals surface area contributed by atoms with Gasteiger partial charge in [0.2, 0.25) is 0 Å². The molecule has 1 fully saturated rings. The zero-order valence-electron chi connectivity index (χ0n) is 10.6. The summed E-state index contributed by atoms with van der Waals surface area (Å²) in [5.74, 6) is 0.886. The SMILES string of the molecule is CCOC(CNCC1CCS(=O)(=O)C1)OCC. The quantitative estimate of drug-likeness (QED) is 0.644. The van der Waals surface area contributed by atoms with E-state index in [1.54, 1.807) is 0 Å². The van der Waals surface area contributed by atoms with Crippen LogP contribution in [0.1, 0.15) is 20.3 Å². The van der Waals surface area contributed by atoms with Crippen molar-refractivity contribution >= 4 is 9.84 Å². The topological polar surface area (TPSA) is 64.6 Å². The Morgan fingerprint density at radius 1 is 1.29 bits per heavy atom. The number of hydrogen-bond acceptors (Lipinski definition) is 5. The fourth-order valence-electron chi connectivity index (χ4n) is 1.98. The van der Waals surface area contributed by atoms with E-state index < -0.39 is 9.84 Å².